The summed E-state index contributed by atoms with van der Waals surface area (Å²) < 4.78 is 5.11. The first-order valence-corrected chi connectivity index (χ1v) is 6.23. The molecule has 0 spiro atoms. The van der Waals surface area contributed by atoms with Gasteiger partial charge in [-0.25, -0.2) is 4.99 Å². The van der Waals surface area contributed by atoms with Gasteiger partial charge in [0.1, 0.15) is 5.75 Å². The van der Waals surface area contributed by atoms with Gasteiger partial charge in [0.15, 0.2) is 5.82 Å². The summed E-state index contributed by atoms with van der Waals surface area (Å²) >= 11 is 0. The van der Waals surface area contributed by atoms with Gasteiger partial charge in [-0.3, -0.25) is 5.10 Å². The van der Waals surface area contributed by atoms with E-state index < -0.39 is 0 Å². The quantitative estimate of drug-likeness (QED) is 0.856. The standard InChI is InChI=1S/C15H19N3O/c1-15(2,3)13-9-14(18-17-13)16-10-11-5-7-12(19-4)8-6-11/h5-10H,1-4H3,(H,17,18). The first-order valence-electron chi connectivity index (χ1n) is 6.23. The van der Waals surface area contributed by atoms with Gasteiger partial charge in [0.25, 0.3) is 0 Å². The van der Waals surface area contributed by atoms with E-state index in [0.29, 0.717) is 5.82 Å². The van der Waals surface area contributed by atoms with Gasteiger partial charge in [0, 0.05) is 23.4 Å². The lowest BCUT2D eigenvalue weighted by molar-refractivity contribution is 0.415. The molecule has 100 valence electrons. The second kappa shape index (κ2) is 5.26. The van der Waals surface area contributed by atoms with Crippen molar-refractivity contribution in [3.8, 4) is 5.75 Å². The van der Waals surface area contributed by atoms with Crippen molar-refractivity contribution in [3.05, 3.63) is 41.6 Å². The molecule has 2 rings (SSSR count). The Morgan fingerprint density at radius 1 is 1.21 bits per heavy atom. The number of nitrogens with one attached hydrogen (secondary N) is 1. The van der Waals surface area contributed by atoms with Crippen molar-refractivity contribution in [2.24, 2.45) is 4.99 Å². The third-order valence-corrected chi connectivity index (χ3v) is 2.83. The summed E-state index contributed by atoms with van der Waals surface area (Å²) in [5, 5.41) is 7.20. The molecule has 0 aliphatic heterocycles. The highest BCUT2D eigenvalue weighted by atomic mass is 16.5. The van der Waals surface area contributed by atoms with Crippen LogP contribution in [0.1, 0.15) is 32.0 Å². The largest absolute Gasteiger partial charge is 0.497 e. The Hall–Kier alpha value is -2.10. The van der Waals surface area contributed by atoms with Crippen LogP contribution in [0.4, 0.5) is 5.82 Å². The molecule has 4 nitrogen and oxygen atoms in total. The Balaban J connectivity index is 2.11. The van der Waals surface area contributed by atoms with E-state index >= 15 is 0 Å². The number of methoxy groups -OCH3 is 1. The predicted molar refractivity (Wildman–Crippen MR) is 77.5 cm³/mol. The average Bonchev–Trinajstić information content (AvgIpc) is 2.86. The van der Waals surface area contributed by atoms with E-state index in [1.807, 2.05) is 30.3 Å². The molecule has 1 aromatic heterocycles. The van der Waals surface area contributed by atoms with Crippen LogP contribution in [-0.4, -0.2) is 23.5 Å². The zero-order valence-corrected chi connectivity index (χ0v) is 11.8. The van der Waals surface area contributed by atoms with E-state index in [1.54, 1.807) is 13.3 Å². The molecule has 1 aromatic carbocycles. The minimum atomic E-state index is 0.0564. The molecular formula is C15H19N3O. The number of hydrogen-bond acceptors (Lipinski definition) is 3. The molecule has 1 heterocycles. The molecule has 0 aliphatic rings. The minimum absolute atomic E-state index is 0.0564. The fourth-order valence-electron chi connectivity index (χ4n) is 1.59. The molecule has 0 aliphatic carbocycles. The zero-order chi connectivity index (χ0) is 13.9. The van der Waals surface area contributed by atoms with Crippen molar-refractivity contribution >= 4 is 12.0 Å². The summed E-state index contributed by atoms with van der Waals surface area (Å²) in [6.07, 6.45) is 1.79. The molecule has 0 radical (unpaired) electrons. The third kappa shape index (κ3) is 3.44. The van der Waals surface area contributed by atoms with Crippen LogP contribution < -0.4 is 4.74 Å². The number of ether oxygens (including phenoxy) is 1. The maximum absolute atomic E-state index is 5.11. The SMILES string of the molecule is COc1ccc(C=Nc2cc(C(C)(C)C)[nH]n2)cc1. The summed E-state index contributed by atoms with van der Waals surface area (Å²) in [7, 11) is 1.65. The number of rotatable bonds is 3. The number of H-pyrrole nitrogens is 1. The molecule has 0 amide bonds. The van der Waals surface area contributed by atoms with E-state index in [4.69, 9.17) is 4.74 Å². The predicted octanol–water partition coefficient (Wildman–Crippen LogP) is 3.47. The van der Waals surface area contributed by atoms with Crippen LogP contribution in [0, 0.1) is 0 Å². The van der Waals surface area contributed by atoms with Crippen LogP contribution in [0.2, 0.25) is 0 Å². The highest BCUT2D eigenvalue weighted by molar-refractivity contribution is 5.81. The first kappa shape index (κ1) is 13.3. The Morgan fingerprint density at radius 3 is 2.42 bits per heavy atom. The summed E-state index contributed by atoms with van der Waals surface area (Å²) in [6, 6.07) is 9.71. The lowest BCUT2D eigenvalue weighted by atomic mass is 9.92. The monoisotopic (exact) mass is 257 g/mol. The fraction of sp³-hybridized carbons (Fsp3) is 0.333. The number of nitrogens with zero attached hydrogens (tertiary/aromatic N) is 2. The summed E-state index contributed by atoms with van der Waals surface area (Å²) in [5.74, 6) is 1.53. The summed E-state index contributed by atoms with van der Waals surface area (Å²) in [4.78, 5) is 4.36. The van der Waals surface area contributed by atoms with E-state index in [-0.39, 0.29) is 5.41 Å². The summed E-state index contributed by atoms with van der Waals surface area (Å²) in [6.45, 7) is 6.41. The van der Waals surface area contributed by atoms with Crippen molar-refractivity contribution in [3.63, 3.8) is 0 Å². The van der Waals surface area contributed by atoms with Gasteiger partial charge in [0.05, 0.1) is 7.11 Å². The molecule has 0 unspecified atom stereocenters. The normalized spacial score (nSPS) is 12.0. The number of aromatic amines is 1. The third-order valence-electron chi connectivity index (χ3n) is 2.83. The molecule has 0 bridgehead atoms. The van der Waals surface area contributed by atoms with Crippen LogP contribution in [-0.2, 0) is 5.41 Å². The number of hydrogen-bond donors (Lipinski definition) is 1. The lowest BCUT2D eigenvalue weighted by Gasteiger charge is -2.14. The highest BCUT2D eigenvalue weighted by Crippen LogP contribution is 2.23. The van der Waals surface area contributed by atoms with Crippen LogP contribution in [0.3, 0.4) is 0 Å². The Bertz CT molecular complexity index is 562. The molecule has 2 aromatic rings. The van der Waals surface area contributed by atoms with Gasteiger partial charge < -0.3 is 4.74 Å². The molecule has 1 N–H and O–H groups in total. The second-order valence-corrected chi connectivity index (χ2v) is 5.42. The lowest BCUT2D eigenvalue weighted by Crippen LogP contribution is -2.11. The van der Waals surface area contributed by atoms with Crippen LogP contribution >= 0.6 is 0 Å². The van der Waals surface area contributed by atoms with Gasteiger partial charge in [0.2, 0.25) is 0 Å². The molecule has 19 heavy (non-hydrogen) atoms. The highest BCUT2D eigenvalue weighted by Gasteiger charge is 2.16. The Kier molecular flexibility index (Phi) is 3.69. The van der Waals surface area contributed by atoms with E-state index in [9.17, 15) is 0 Å². The topological polar surface area (TPSA) is 50.3 Å². The van der Waals surface area contributed by atoms with Crippen molar-refractivity contribution in [2.45, 2.75) is 26.2 Å². The van der Waals surface area contributed by atoms with Crippen molar-refractivity contribution < 1.29 is 4.74 Å². The van der Waals surface area contributed by atoms with Crippen molar-refractivity contribution in [2.75, 3.05) is 7.11 Å². The number of benzene rings is 1. The number of aliphatic imine (C=N–C) groups is 1. The molecule has 0 fully saturated rings. The Labute approximate surface area is 113 Å². The molecule has 4 heteroatoms. The van der Waals surface area contributed by atoms with Crippen LogP contribution in [0.25, 0.3) is 0 Å². The van der Waals surface area contributed by atoms with Crippen LogP contribution in [0.15, 0.2) is 35.3 Å². The Morgan fingerprint density at radius 2 is 1.89 bits per heavy atom. The fourth-order valence-corrected chi connectivity index (χ4v) is 1.59. The second-order valence-electron chi connectivity index (χ2n) is 5.42. The molecular weight excluding hydrogens is 238 g/mol. The smallest absolute Gasteiger partial charge is 0.173 e. The van der Waals surface area contributed by atoms with E-state index in [2.05, 4.69) is 36.0 Å². The van der Waals surface area contributed by atoms with Gasteiger partial charge in [-0.05, 0) is 29.8 Å². The average molecular weight is 257 g/mol. The maximum atomic E-state index is 5.11. The van der Waals surface area contributed by atoms with Crippen LogP contribution in [0.5, 0.6) is 5.75 Å². The van der Waals surface area contributed by atoms with Gasteiger partial charge >= 0.3 is 0 Å². The molecule has 0 atom stereocenters. The van der Waals surface area contributed by atoms with Crippen molar-refractivity contribution in [1.29, 1.82) is 0 Å². The van der Waals surface area contributed by atoms with Gasteiger partial charge in [-0.15, -0.1) is 0 Å². The first-order chi connectivity index (χ1) is 8.99. The van der Waals surface area contributed by atoms with E-state index in [0.717, 1.165) is 17.0 Å². The maximum Gasteiger partial charge on any atom is 0.173 e. The van der Waals surface area contributed by atoms with E-state index in [1.165, 1.54) is 0 Å². The summed E-state index contributed by atoms with van der Waals surface area (Å²) in [5.41, 5.74) is 2.15. The van der Waals surface area contributed by atoms with Crippen molar-refractivity contribution in [1.82, 2.24) is 10.2 Å². The van der Waals surface area contributed by atoms with Gasteiger partial charge in [-0.2, -0.15) is 5.10 Å². The minimum Gasteiger partial charge on any atom is -0.497 e. The number of aromatic nitrogens is 2. The molecule has 0 saturated heterocycles. The molecule has 0 saturated carbocycles. The zero-order valence-electron chi connectivity index (χ0n) is 11.8. The van der Waals surface area contributed by atoms with Gasteiger partial charge in [-0.1, -0.05) is 20.8 Å².